The molecule has 2 heterocycles. The third-order valence-corrected chi connectivity index (χ3v) is 5.18. The molecule has 2 atom stereocenters. The smallest absolute Gasteiger partial charge is 0.228 e. The molecule has 1 aromatic heterocycles. The van der Waals surface area contributed by atoms with E-state index in [0.29, 0.717) is 5.02 Å². The number of nitrogens with one attached hydrogen (secondary N) is 1. The Kier molecular flexibility index (Phi) is 3.96. The fraction of sp³-hybridized carbons (Fsp3) is 0.444. The fourth-order valence-electron chi connectivity index (χ4n) is 3.55. The predicted octanol–water partition coefficient (Wildman–Crippen LogP) is 3.42. The van der Waals surface area contributed by atoms with Crippen molar-refractivity contribution < 1.29 is 4.79 Å². The maximum Gasteiger partial charge on any atom is 0.228 e. The van der Waals surface area contributed by atoms with Crippen LogP contribution in [-0.4, -0.2) is 28.8 Å². The normalized spacial score (nSPS) is 22.7. The molecule has 0 bridgehead atoms. The van der Waals surface area contributed by atoms with Gasteiger partial charge in [-0.1, -0.05) is 11.6 Å². The molecule has 126 valence electrons. The number of rotatable bonds is 4. The lowest BCUT2D eigenvalue weighted by atomic mass is 10.2. The lowest BCUT2D eigenvalue weighted by Gasteiger charge is -2.22. The lowest BCUT2D eigenvalue weighted by Crippen LogP contribution is -2.22. The van der Waals surface area contributed by atoms with Crippen LogP contribution >= 0.6 is 11.6 Å². The number of carbonyl (C=O) groups is 1. The molecule has 6 heteroatoms. The molecule has 1 N–H and O–H groups in total. The largest absolute Gasteiger partial charge is 0.370 e. The molecule has 2 aromatic rings. The van der Waals surface area contributed by atoms with E-state index >= 15 is 0 Å². The van der Waals surface area contributed by atoms with Crippen LogP contribution in [0.4, 0.5) is 11.4 Å². The van der Waals surface area contributed by atoms with Gasteiger partial charge in [0, 0.05) is 37.3 Å². The van der Waals surface area contributed by atoms with Crippen LogP contribution in [0.2, 0.25) is 5.02 Å². The van der Waals surface area contributed by atoms with Gasteiger partial charge in [-0.2, -0.15) is 5.10 Å². The molecule has 2 fully saturated rings. The van der Waals surface area contributed by atoms with Crippen LogP contribution in [0.3, 0.4) is 0 Å². The van der Waals surface area contributed by atoms with Crippen molar-refractivity contribution in [1.82, 2.24) is 9.78 Å². The van der Waals surface area contributed by atoms with Crippen molar-refractivity contribution in [3.63, 3.8) is 0 Å². The van der Waals surface area contributed by atoms with E-state index in [-0.39, 0.29) is 17.7 Å². The number of hydrogen-bond donors (Lipinski definition) is 1. The average molecular weight is 345 g/mol. The van der Waals surface area contributed by atoms with Gasteiger partial charge in [-0.05, 0) is 48.9 Å². The molecule has 1 aromatic carbocycles. The lowest BCUT2D eigenvalue weighted by molar-refractivity contribution is -0.117. The number of benzene rings is 1. The van der Waals surface area contributed by atoms with Crippen molar-refractivity contribution in [3.05, 3.63) is 41.2 Å². The first-order valence-corrected chi connectivity index (χ1v) is 8.83. The van der Waals surface area contributed by atoms with E-state index in [2.05, 4.69) is 15.3 Å². The Morgan fingerprint density at radius 2 is 2.12 bits per heavy atom. The van der Waals surface area contributed by atoms with Gasteiger partial charge in [0.1, 0.15) is 0 Å². The molecule has 1 saturated heterocycles. The molecular weight excluding hydrogens is 324 g/mol. The molecular formula is C18H21ClN4O. The fourth-order valence-corrected chi connectivity index (χ4v) is 3.72. The number of amides is 1. The Balaban J connectivity index is 1.49. The van der Waals surface area contributed by atoms with Crippen LogP contribution < -0.4 is 10.2 Å². The summed E-state index contributed by atoms with van der Waals surface area (Å²) in [5.41, 5.74) is 3.04. The van der Waals surface area contributed by atoms with E-state index in [1.165, 1.54) is 12.8 Å². The summed E-state index contributed by atoms with van der Waals surface area (Å²) < 4.78 is 1.78. The summed E-state index contributed by atoms with van der Waals surface area (Å²) >= 11 is 6.15. The number of nitrogens with zero attached hydrogens (tertiary/aromatic N) is 3. The van der Waals surface area contributed by atoms with Crippen LogP contribution in [0.25, 0.3) is 0 Å². The average Bonchev–Trinajstić information content (AvgIpc) is 2.95. The standard InChI is InChI=1S/C18H21ClN4O/c1-22-11-12(10-20-22)14-9-15(14)18(24)21-16-8-13(19)4-5-17(16)23-6-2-3-7-23/h4-5,8,10-11,14-15H,2-3,6-7,9H2,1H3,(H,21,24)/t14-,15-/m0/s1. The van der Waals surface area contributed by atoms with E-state index < -0.39 is 0 Å². The summed E-state index contributed by atoms with van der Waals surface area (Å²) in [6, 6.07) is 5.75. The van der Waals surface area contributed by atoms with E-state index in [9.17, 15) is 4.79 Å². The maximum atomic E-state index is 12.6. The highest BCUT2D eigenvalue weighted by molar-refractivity contribution is 6.31. The van der Waals surface area contributed by atoms with Gasteiger partial charge < -0.3 is 10.2 Å². The Labute approximate surface area is 146 Å². The van der Waals surface area contributed by atoms with Gasteiger partial charge in [0.2, 0.25) is 5.91 Å². The van der Waals surface area contributed by atoms with Crippen LogP contribution in [0.15, 0.2) is 30.6 Å². The molecule has 1 amide bonds. The summed E-state index contributed by atoms with van der Waals surface area (Å²) in [7, 11) is 1.90. The van der Waals surface area contributed by atoms with Crippen molar-refractivity contribution in [2.75, 3.05) is 23.3 Å². The highest BCUT2D eigenvalue weighted by Gasteiger charge is 2.44. The molecule has 1 saturated carbocycles. The van der Waals surface area contributed by atoms with Crippen molar-refractivity contribution in [1.29, 1.82) is 0 Å². The zero-order valence-corrected chi connectivity index (χ0v) is 14.5. The Hall–Kier alpha value is -2.01. The molecule has 24 heavy (non-hydrogen) atoms. The SMILES string of the molecule is Cn1cc([C@@H]2C[C@@H]2C(=O)Nc2cc(Cl)ccc2N2CCCC2)cn1. The molecule has 5 nitrogen and oxygen atoms in total. The summed E-state index contributed by atoms with van der Waals surface area (Å²) in [5, 5.41) is 7.95. The second-order valence-corrected chi connectivity index (χ2v) is 7.18. The molecule has 1 aliphatic heterocycles. The van der Waals surface area contributed by atoms with Crippen molar-refractivity contribution >= 4 is 28.9 Å². The first-order chi connectivity index (χ1) is 11.6. The summed E-state index contributed by atoms with van der Waals surface area (Å²) in [6.07, 6.45) is 7.13. The second-order valence-electron chi connectivity index (χ2n) is 6.74. The van der Waals surface area contributed by atoms with Gasteiger partial charge in [0.15, 0.2) is 0 Å². The van der Waals surface area contributed by atoms with Gasteiger partial charge in [-0.25, -0.2) is 0 Å². The van der Waals surface area contributed by atoms with Crippen LogP contribution in [0.1, 0.15) is 30.7 Å². The zero-order chi connectivity index (χ0) is 16.7. The monoisotopic (exact) mass is 344 g/mol. The third-order valence-electron chi connectivity index (χ3n) is 4.94. The first-order valence-electron chi connectivity index (χ1n) is 8.46. The number of carbonyl (C=O) groups excluding carboxylic acids is 1. The number of anilines is 2. The first kappa shape index (κ1) is 15.5. The Morgan fingerprint density at radius 1 is 1.33 bits per heavy atom. The van der Waals surface area contributed by atoms with Crippen LogP contribution in [0, 0.1) is 5.92 Å². The Morgan fingerprint density at radius 3 is 2.83 bits per heavy atom. The van der Waals surface area contributed by atoms with Crippen molar-refractivity contribution in [2.24, 2.45) is 13.0 Å². The minimum absolute atomic E-state index is 0.0274. The predicted molar refractivity (Wildman–Crippen MR) is 95.6 cm³/mol. The highest BCUT2D eigenvalue weighted by atomic mass is 35.5. The number of halogens is 1. The minimum atomic E-state index is 0.0274. The van der Waals surface area contributed by atoms with Gasteiger partial charge in [-0.15, -0.1) is 0 Å². The van der Waals surface area contributed by atoms with E-state index in [4.69, 9.17) is 11.6 Å². The maximum absolute atomic E-state index is 12.6. The minimum Gasteiger partial charge on any atom is -0.370 e. The molecule has 4 rings (SSSR count). The number of aryl methyl sites for hydroxylation is 1. The highest BCUT2D eigenvalue weighted by Crippen LogP contribution is 2.48. The van der Waals surface area contributed by atoms with Crippen molar-refractivity contribution in [3.8, 4) is 0 Å². The topological polar surface area (TPSA) is 50.2 Å². The molecule has 0 unspecified atom stereocenters. The summed E-state index contributed by atoms with van der Waals surface area (Å²) in [6.45, 7) is 2.07. The van der Waals surface area contributed by atoms with Gasteiger partial charge in [-0.3, -0.25) is 9.48 Å². The zero-order valence-electron chi connectivity index (χ0n) is 13.7. The van der Waals surface area contributed by atoms with E-state index in [0.717, 1.165) is 36.4 Å². The molecule has 0 spiro atoms. The quantitative estimate of drug-likeness (QED) is 0.924. The van der Waals surface area contributed by atoms with E-state index in [1.54, 1.807) is 4.68 Å². The number of hydrogen-bond acceptors (Lipinski definition) is 3. The third kappa shape index (κ3) is 3.00. The van der Waals surface area contributed by atoms with Gasteiger partial charge >= 0.3 is 0 Å². The van der Waals surface area contributed by atoms with Crippen LogP contribution in [-0.2, 0) is 11.8 Å². The van der Waals surface area contributed by atoms with Crippen molar-refractivity contribution in [2.45, 2.75) is 25.2 Å². The second kappa shape index (κ2) is 6.13. The number of aromatic nitrogens is 2. The van der Waals surface area contributed by atoms with Crippen LogP contribution in [0.5, 0.6) is 0 Å². The molecule has 0 radical (unpaired) electrons. The summed E-state index contributed by atoms with van der Waals surface area (Å²) in [5.74, 6) is 0.388. The van der Waals surface area contributed by atoms with Gasteiger partial charge in [0.05, 0.1) is 17.6 Å². The van der Waals surface area contributed by atoms with E-state index in [1.807, 2.05) is 37.6 Å². The molecule has 1 aliphatic carbocycles. The Bertz CT molecular complexity index is 766. The summed E-state index contributed by atoms with van der Waals surface area (Å²) in [4.78, 5) is 15.0. The molecule has 2 aliphatic rings. The van der Waals surface area contributed by atoms with Gasteiger partial charge in [0.25, 0.3) is 0 Å².